The molecule has 0 bridgehead atoms. The maximum Gasteiger partial charge on any atom is 0.305 e. The molecule has 2 atom stereocenters. The number of nitrogens with zero attached hydrogens (tertiary/aromatic N) is 1. The number of esters is 1. The van der Waals surface area contributed by atoms with E-state index in [1.54, 1.807) is 7.11 Å². The molecule has 0 aliphatic carbocycles. The normalized spacial score (nSPS) is 21.0. The summed E-state index contributed by atoms with van der Waals surface area (Å²) >= 11 is 0. The number of likely N-dealkylation sites (N-methyl/N-ethyl adjacent to an activating group) is 1. The molecule has 1 aromatic carbocycles. The minimum Gasteiger partial charge on any atom is -0.496 e. The molecule has 1 aromatic rings. The molecule has 5 nitrogen and oxygen atoms in total. The number of aryl methyl sites for hydroxylation is 1. The molecular formula is C19H30N2O3. The first kappa shape index (κ1) is 18.7. The first-order chi connectivity index (χ1) is 11.6. The van der Waals surface area contributed by atoms with Gasteiger partial charge < -0.3 is 19.7 Å². The fourth-order valence-electron chi connectivity index (χ4n) is 3.48. The van der Waals surface area contributed by atoms with Crippen molar-refractivity contribution in [3.8, 4) is 5.75 Å². The Labute approximate surface area is 145 Å². The van der Waals surface area contributed by atoms with Crippen LogP contribution in [-0.4, -0.2) is 51.3 Å². The number of carbonyl (C=O) groups excluding carboxylic acids is 1. The number of likely N-dealkylation sites (tertiary alicyclic amines) is 1. The molecule has 1 heterocycles. The van der Waals surface area contributed by atoms with Gasteiger partial charge in [0.1, 0.15) is 5.75 Å². The minimum atomic E-state index is -0.135. The summed E-state index contributed by atoms with van der Waals surface area (Å²) in [5.41, 5.74) is 2.51. The summed E-state index contributed by atoms with van der Waals surface area (Å²) in [4.78, 5) is 13.9. The molecule has 1 aliphatic rings. The van der Waals surface area contributed by atoms with E-state index in [-0.39, 0.29) is 17.9 Å². The van der Waals surface area contributed by atoms with Gasteiger partial charge in [-0.2, -0.15) is 0 Å². The number of methoxy groups -OCH3 is 2. The van der Waals surface area contributed by atoms with E-state index in [0.29, 0.717) is 6.42 Å². The van der Waals surface area contributed by atoms with E-state index in [1.165, 1.54) is 18.2 Å². The van der Waals surface area contributed by atoms with Gasteiger partial charge in [0.2, 0.25) is 0 Å². The molecule has 24 heavy (non-hydrogen) atoms. The van der Waals surface area contributed by atoms with Crippen LogP contribution in [0.1, 0.15) is 30.9 Å². The van der Waals surface area contributed by atoms with Crippen LogP contribution in [0, 0.1) is 5.92 Å². The van der Waals surface area contributed by atoms with E-state index in [0.717, 1.165) is 38.2 Å². The predicted molar refractivity (Wildman–Crippen MR) is 95.2 cm³/mol. The van der Waals surface area contributed by atoms with Crippen LogP contribution in [0.4, 0.5) is 0 Å². The highest BCUT2D eigenvalue weighted by Gasteiger charge is 2.32. The lowest BCUT2D eigenvalue weighted by atomic mass is 9.99. The van der Waals surface area contributed by atoms with Crippen LogP contribution in [0.25, 0.3) is 0 Å². The Morgan fingerprint density at radius 3 is 2.79 bits per heavy atom. The Kier molecular flexibility index (Phi) is 7.06. The molecule has 0 amide bonds. The van der Waals surface area contributed by atoms with Crippen molar-refractivity contribution >= 4 is 5.97 Å². The van der Waals surface area contributed by atoms with Crippen LogP contribution >= 0.6 is 0 Å². The highest BCUT2D eigenvalue weighted by Crippen LogP contribution is 2.23. The molecule has 1 fully saturated rings. The minimum absolute atomic E-state index is 0.135. The van der Waals surface area contributed by atoms with E-state index in [4.69, 9.17) is 9.47 Å². The zero-order chi connectivity index (χ0) is 17.5. The average Bonchev–Trinajstić information content (AvgIpc) is 2.92. The molecule has 2 rings (SSSR count). The standard InChI is InChI=1S/C19H30N2O3/c1-5-6-14-7-8-18(23-3)15(9-14)11-20-17-13-21(2)12-16(17)10-19(22)24-4/h7-9,16-17,20H,5-6,10-13H2,1-4H3. The van der Waals surface area contributed by atoms with Gasteiger partial charge in [0.25, 0.3) is 0 Å². The van der Waals surface area contributed by atoms with Gasteiger partial charge >= 0.3 is 5.97 Å². The molecule has 0 saturated carbocycles. The third kappa shape index (κ3) is 4.95. The lowest BCUT2D eigenvalue weighted by Crippen LogP contribution is -2.36. The first-order valence-corrected chi connectivity index (χ1v) is 8.71. The van der Waals surface area contributed by atoms with Crippen LogP contribution in [0.15, 0.2) is 18.2 Å². The predicted octanol–water partition coefficient (Wildman–Crippen LogP) is 2.23. The highest BCUT2D eigenvalue weighted by atomic mass is 16.5. The van der Waals surface area contributed by atoms with E-state index in [1.807, 2.05) is 0 Å². The quantitative estimate of drug-likeness (QED) is 0.739. The zero-order valence-corrected chi connectivity index (χ0v) is 15.3. The number of rotatable bonds is 8. The van der Waals surface area contributed by atoms with Gasteiger partial charge in [-0.05, 0) is 31.0 Å². The molecule has 1 N–H and O–H groups in total. The van der Waals surface area contributed by atoms with Gasteiger partial charge in [-0.25, -0.2) is 0 Å². The van der Waals surface area contributed by atoms with Crippen molar-refractivity contribution in [3.05, 3.63) is 29.3 Å². The fourth-order valence-corrected chi connectivity index (χ4v) is 3.48. The number of hydrogen-bond acceptors (Lipinski definition) is 5. The van der Waals surface area contributed by atoms with Crippen molar-refractivity contribution < 1.29 is 14.3 Å². The van der Waals surface area contributed by atoms with Crippen molar-refractivity contribution in [1.29, 1.82) is 0 Å². The van der Waals surface area contributed by atoms with Crippen LogP contribution in [-0.2, 0) is 22.5 Å². The molecule has 5 heteroatoms. The fraction of sp³-hybridized carbons (Fsp3) is 0.632. The number of ether oxygens (including phenoxy) is 2. The lowest BCUT2D eigenvalue weighted by molar-refractivity contribution is -0.141. The Hall–Kier alpha value is -1.59. The zero-order valence-electron chi connectivity index (χ0n) is 15.3. The van der Waals surface area contributed by atoms with Gasteiger partial charge in [-0.1, -0.05) is 25.5 Å². The van der Waals surface area contributed by atoms with Gasteiger partial charge in [0, 0.05) is 31.2 Å². The first-order valence-electron chi connectivity index (χ1n) is 8.71. The second-order valence-electron chi connectivity index (χ2n) is 6.65. The third-order valence-corrected chi connectivity index (χ3v) is 4.72. The second kappa shape index (κ2) is 9.04. The summed E-state index contributed by atoms with van der Waals surface area (Å²) in [5, 5.41) is 3.62. The maximum absolute atomic E-state index is 11.6. The highest BCUT2D eigenvalue weighted by molar-refractivity contribution is 5.69. The second-order valence-corrected chi connectivity index (χ2v) is 6.65. The molecule has 0 spiro atoms. The summed E-state index contributed by atoms with van der Waals surface area (Å²) in [7, 11) is 5.25. The largest absolute Gasteiger partial charge is 0.496 e. The molecule has 2 unspecified atom stereocenters. The molecule has 0 radical (unpaired) electrons. The van der Waals surface area contributed by atoms with E-state index in [9.17, 15) is 4.79 Å². The summed E-state index contributed by atoms with van der Waals surface area (Å²) in [6.07, 6.45) is 2.67. The Balaban J connectivity index is 2.02. The monoisotopic (exact) mass is 334 g/mol. The third-order valence-electron chi connectivity index (χ3n) is 4.72. The summed E-state index contributed by atoms with van der Waals surface area (Å²) in [6, 6.07) is 6.70. The van der Waals surface area contributed by atoms with Crippen molar-refractivity contribution in [2.75, 3.05) is 34.4 Å². The summed E-state index contributed by atoms with van der Waals surface area (Å²) in [5.74, 6) is 1.06. The van der Waals surface area contributed by atoms with Crippen LogP contribution < -0.4 is 10.1 Å². The van der Waals surface area contributed by atoms with E-state index >= 15 is 0 Å². The van der Waals surface area contributed by atoms with Gasteiger partial charge in [-0.15, -0.1) is 0 Å². The van der Waals surface area contributed by atoms with Crippen LogP contribution in [0.2, 0.25) is 0 Å². The van der Waals surface area contributed by atoms with E-state index < -0.39 is 0 Å². The number of nitrogens with one attached hydrogen (secondary N) is 1. The van der Waals surface area contributed by atoms with E-state index in [2.05, 4.69) is 42.4 Å². The molecule has 1 saturated heterocycles. The number of benzene rings is 1. The van der Waals surface area contributed by atoms with Crippen molar-refractivity contribution in [2.24, 2.45) is 5.92 Å². The van der Waals surface area contributed by atoms with Crippen molar-refractivity contribution in [2.45, 2.75) is 38.8 Å². The topological polar surface area (TPSA) is 50.8 Å². The lowest BCUT2D eigenvalue weighted by Gasteiger charge is -2.20. The maximum atomic E-state index is 11.6. The van der Waals surface area contributed by atoms with Gasteiger partial charge in [-0.3, -0.25) is 4.79 Å². The molecular weight excluding hydrogens is 304 g/mol. The van der Waals surface area contributed by atoms with Gasteiger partial charge in [0.15, 0.2) is 0 Å². The smallest absolute Gasteiger partial charge is 0.305 e. The Morgan fingerprint density at radius 2 is 2.12 bits per heavy atom. The van der Waals surface area contributed by atoms with Crippen LogP contribution in [0.3, 0.4) is 0 Å². The number of carbonyl (C=O) groups is 1. The van der Waals surface area contributed by atoms with Crippen molar-refractivity contribution in [3.63, 3.8) is 0 Å². The summed E-state index contributed by atoms with van der Waals surface area (Å²) in [6.45, 7) is 4.79. The van der Waals surface area contributed by atoms with Crippen LogP contribution in [0.5, 0.6) is 5.75 Å². The van der Waals surface area contributed by atoms with Crippen molar-refractivity contribution in [1.82, 2.24) is 10.2 Å². The Bertz CT molecular complexity index is 547. The SMILES string of the molecule is CCCc1ccc(OC)c(CNC2CN(C)CC2CC(=O)OC)c1. The Morgan fingerprint density at radius 1 is 1.33 bits per heavy atom. The molecule has 1 aliphatic heterocycles. The summed E-state index contributed by atoms with van der Waals surface area (Å²) < 4.78 is 10.3. The number of hydrogen-bond donors (Lipinski definition) is 1. The molecule has 134 valence electrons. The average molecular weight is 334 g/mol. The molecule has 0 aromatic heterocycles. The van der Waals surface area contributed by atoms with Gasteiger partial charge in [0.05, 0.1) is 20.6 Å².